The van der Waals surface area contributed by atoms with Gasteiger partial charge in [-0.05, 0) is 23.8 Å². The minimum absolute atomic E-state index is 0.0310. The number of fused-ring (bicyclic) bond motifs is 1. The van der Waals surface area contributed by atoms with Gasteiger partial charge in [0.25, 0.3) is 0 Å². The SMILES string of the molecule is O=C(Cc1ccc(F)cc1)c1coc2ccccc12. The average molecular weight is 254 g/mol. The summed E-state index contributed by atoms with van der Waals surface area (Å²) in [6, 6.07) is 13.4. The van der Waals surface area contributed by atoms with Crippen LogP contribution in [0.25, 0.3) is 11.0 Å². The Morgan fingerprint density at radius 1 is 1.05 bits per heavy atom. The molecule has 3 aromatic rings. The second-order valence-corrected chi connectivity index (χ2v) is 4.37. The zero-order valence-corrected chi connectivity index (χ0v) is 10.1. The Morgan fingerprint density at radius 2 is 1.79 bits per heavy atom. The van der Waals surface area contributed by atoms with Crippen molar-refractivity contribution < 1.29 is 13.6 Å². The summed E-state index contributed by atoms with van der Waals surface area (Å²) in [5.74, 6) is -0.332. The molecule has 0 amide bonds. The summed E-state index contributed by atoms with van der Waals surface area (Å²) < 4.78 is 18.2. The number of Topliss-reactive ketones (excluding diaryl/α,β-unsaturated/α-hetero) is 1. The van der Waals surface area contributed by atoms with E-state index in [4.69, 9.17) is 4.42 Å². The predicted molar refractivity (Wildman–Crippen MR) is 70.6 cm³/mol. The van der Waals surface area contributed by atoms with E-state index < -0.39 is 0 Å². The van der Waals surface area contributed by atoms with Gasteiger partial charge >= 0.3 is 0 Å². The first-order chi connectivity index (χ1) is 9.24. The first-order valence-electron chi connectivity index (χ1n) is 5.98. The Kier molecular flexibility index (Phi) is 2.88. The lowest BCUT2D eigenvalue weighted by Gasteiger charge is -1.99. The Bertz CT molecular complexity index is 726. The molecule has 0 saturated heterocycles. The quantitative estimate of drug-likeness (QED) is 0.661. The van der Waals surface area contributed by atoms with Gasteiger partial charge in [-0.3, -0.25) is 4.79 Å². The molecule has 94 valence electrons. The van der Waals surface area contributed by atoms with E-state index >= 15 is 0 Å². The summed E-state index contributed by atoms with van der Waals surface area (Å²) >= 11 is 0. The molecule has 0 spiro atoms. The maximum absolute atomic E-state index is 12.8. The van der Waals surface area contributed by atoms with Crippen LogP contribution in [-0.4, -0.2) is 5.78 Å². The maximum atomic E-state index is 12.8. The van der Waals surface area contributed by atoms with Crippen LogP contribution in [0.15, 0.2) is 59.2 Å². The number of carbonyl (C=O) groups excluding carboxylic acids is 1. The molecule has 0 aliphatic rings. The Balaban J connectivity index is 1.90. The van der Waals surface area contributed by atoms with Crippen LogP contribution < -0.4 is 0 Å². The molecular weight excluding hydrogens is 243 g/mol. The number of hydrogen-bond acceptors (Lipinski definition) is 2. The molecule has 0 aliphatic carbocycles. The summed E-state index contributed by atoms with van der Waals surface area (Å²) in [7, 11) is 0. The monoisotopic (exact) mass is 254 g/mol. The Morgan fingerprint density at radius 3 is 2.58 bits per heavy atom. The van der Waals surface area contributed by atoms with Crippen LogP contribution >= 0.6 is 0 Å². The van der Waals surface area contributed by atoms with E-state index in [0.717, 1.165) is 10.9 Å². The van der Waals surface area contributed by atoms with Gasteiger partial charge in [0.1, 0.15) is 17.7 Å². The van der Waals surface area contributed by atoms with E-state index in [0.29, 0.717) is 11.1 Å². The van der Waals surface area contributed by atoms with Gasteiger partial charge < -0.3 is 4.42 Å². The van der Waals surface area contributed by atoms with Crippen LogP contribution in [0.5, 0.6) is 0 Å². The van der Waals surface area contributed by atoms with Crippen molar-refractivity contribution in [1.82, 2.24) is 0 Å². The summed E-state index contributed by atoms with van der Waals surface area (Å²) in [5.41, 5.74) is 2.06. The van der Waals surface area contributed by atoms with Crippen molar-refractivity contribution >= 4 is 16.8 Å². The molecule has 0 aliphatic heterocycles. The average Bonchev–Trinajstić information content (AvgIpc) is 2.85. The molecular formula is C16H11FO2. The molecule has 0 radical (unpaired) electrons. The van der Waals surface area contributed by atoms with Gasteiger partial charge in [0, 0.05) is 11.8 Å². The summed E-state index contributed by atoms with van der Waals surface area (Å²) in [6.45, 7) is 0. The van der Waals surface area contributed by atoms with Crippen molar-refractivity contribution in [3.05, 3.63) is 71.7 Å². The Hall–Kier alpha value is -2.42. The number of carbonyl (C=O) groups is 1. The largest absolute Gasteiger partial charge is 0.464 e. The fourth-order valence-corrected chi connectivity index (χ4v) is 2.08. The summed E-state index contributed by atoms with van der Waals surface area (Å²) in [4.78, 5) is 12.2. The molecule has 0 N–H and O–H groups in total. The van der Waals surface area contributed by atoms with E-state index in [-0.39, 0.29) is 18.0 Å². The van der Waals surface area contributed by atoms with Crippen LogP contribution in [0, 0.1) is 5.82 Å². The number of hydrogen-bond donors (Lipinski definition) is 0. The molecule has 2 nitrogen and oxygen atoms in total. The lowest BCUT2D eigenvalue weighted by Crippen LogP contribution is -2.02. The van der Waals surface area contributed by atoms with E-state index in [1.165, 1.54) is 18.4 Å². The third-order valence-electron chi connectivity index (χ3n) is 3.06. The normalized spacial score (nSPS) is 10.8. The van der Waals surface area contributed by atoms with Crippen molar-refractivity contribution in [1.29, 1.82) is 0 Å². The lowest BCUT2D eigenvalue weighted by molar-refractivity contribution is 0.0993. The lowest BCUT2D eigenvalue weighted by atomic mass is 10.0. The molecule has 2 aromatic carbocycles. The van der Waals surface area contributed by atoms with Crippen molar-refractivity contribution in [2.45, 2.75) is 6.42 Å². The second-order valence-electron chi connectivity index (χ2n) is 4.37. The third-order valence-corrected chi connectivity index (χ3v) is 3.06. The highest BCUT2D eigenvalue weighted by atomic mass is 19.1. The molecule has 0 saturated carbocycles. The van der Waals surface area contributed by atoms with Crippen LogP contribution in [0.4, 0.5) is 4.39 Å². The third kappa shape index (κ3) is 2.27. The second kappa shape index (κ2) is 4.69. The minimum atomic E-state index is -0.301. The predicted octanol–water partition coefficient (Wildman–Crippen LogP) is 4.00. The molecule has 0 unspecified atom stereocenters. The smallest absolute Gasteiger partial charge is 0.171 e. The zero-order chi connectivity index (χ0) is 13.2. The first-order valence-corrected chi connectivity index (χ1v) is 5.98. The first kappa shape index (κ1) is 11.7. The Labute approximate surface area is 109 Å². The fraction of sp³-hybridized carbons (Fsp3) is 0.0625. The summed E-state index contributed by atoms with van der Waals surface area (Å²) in [6.07, 6.45) is 1.72. The highest BCUT2D eigenvalue weighted by molar-refractivity contribution is 6.07. The van der Waals surface area contributed by atoms with E-state index in [2.05, 4.69) is 0 Å². The standard InChI is InChI=1S/C16H11FO2/c17-12-7-5-11(6-8-12)9-15(18)14-10-19-16-4-2-1-3-13(14)16/h1-8,10H,9H2. The number of ketones is 1. The van der Waals surface area contributed by atoms with Gasteiger partial charge in [-0.1, -0.05) is 30.3 Å². The van der Waals surface area contributed by atoms with Gasteiger partial charge in [0.15, 0.2) is 5.78 Å². The van der Waals surface area contributed by atoms with Crippen LogP contribution in [-0.2, 0) is 6.42 Å². The van der Waals surface area contributed by atoms with Gasteiger partial charge in [-0.15, -0.1) is 0 Å². The molecule has 19 heavy (non-hydrogen) atoms. The fourth-order valence-electron chi connectivity index (χ4n) is 2.08. The number of halogens is 1. The highest BCUT2D eigenvalue weighted by Crippen LogP contribution is 2.22. The number of furan rings is 1. The van der Waals surface area contributed by atoms with Crippen molar-refractivity contribution in [2.24, 2.45) is 0 Å². The van der Waals surface area contributed by atoms with Gasteiger partial charge in [-0.25, -0.2) is 4.39 Å². The van der Waals surface area contributed by atoms with Crippen molar-refractivity contribution in [2.75, 3.05) is 0 Å². The number of rotatable bonds is 3. The van der Waals surface area contributed by atoms with Crippen molar-refractivity contribution in [3.8, 4) is 0 Å². The molecule has 0 atom stereocenters. The zero-order valence-electron chi connectivity index (χ0n) is 10.1. The molecule has 0 fully saturated rings. The molecule has 1 aromatic heterocycles. The number of benzene rings is 2. The van der Waals surface area contributed by atoms with Crippen molar-refractivity contribution in [3.63, 3.8) is 0 Å². The minimum Gasteiger partial charge on any atom is -0.464 e. The van der Waals surface area contributed by atoms with Crippen LogP contribution in [0.2, 0.25) is 0 Å². The molecule has 3 rings (SSSR count). The molecule has 3 heteroatoms. The maximum Gasteiger partial charge on any atom is 0.171 e. The van der Waals surface area contributed by atoms with Crippen LogP contribution in [0.3, 0.4) is 0 Å². The van der Waals surface area contributed by atoms with Gasteiger partial charge in [0.2, 0.25) is 0 Å². The molecule has 0 bridgehead atoms. The topological polar surface area (TPSA) is 30.2 Å². The highest BCUT2D eigenvalue weighted by Gasteiger charge is 2.13. The number of para-hydroxylation sites is 1. The summed E-state index contributed by atoms with van der Waals surface area (Å²) in [5, 5.41) is 0.814. The van der Waals surface area contributed by atoms with Gasteiger partial charge in [0.05, 0.1) is 5.56 Å². The molecule has 1 heterocycles. The van der Waals surface area contributed by atoms with E-state index in [1.54, 1.807) is 12.1 Å². The van der Waals surface area contributed by atoms with Gasteiger partial charge in [-0.2, -0.15) is 0 Å². The van der Waals surface area contributed by atoms with Crippen LogP contribution in [0.1, 0.15) is 15.9 Å². The van der Waals surface area contributed by atoms with E-state index in [1.807, 2.05) is 24.3 Å². The van der Waals surface area contributed by atoms with E-state index in [9.17, 15) is 9.18 Å².